The molecular formula is C15H23N3O. The first-order valence-corrected chi connectivity index (χ1v) is 7.01. The summed E-state index contributed by atoms with van der Waals surface area (Å²) < 4.78 is 0. The number of benzene rings is 1. The van der Waals surface area contributed by atoms with Gasteiger partial charge in [-0.25, -0.2) is 0 Å². The molecule has 1 aliphatic rings. The van der Waals surface area contributed by atoms with Crippen LogP contribution in [0.5, 0.6) is 0 Å². The molecule has 1 fully saturated rings. The number of rotatable bonds is 4. The van der Waals surface area contributed by atoms with Crippen molar-refractivity contribution in [3.63, 3.8) is 0 Å². The summed E-state index contributed by atoms with van der Waals surface area (Å²) in [5.41, 5.74) is 13.7. The average molecular weight is 261 g/mol. The van der Waals surface area contributed by atoms with Gasteiger partial charge in [0, 0.05) is 24.8 Å². The summed E-state index contributed by atoms with van der Waals surface area (Å²) in [7, 11) is 0. The van der Waals surface area contributed by atoms with E-state index in [2.05, 4.69) is 36.1 Å². The molecule has 1 heterocycles. The van der Waals surface area contributed by atoms with Crippen LogP contribution in [-0.4, -0.2) is 19.0 Å². The lowest BCUT2D eigenvalue weighted by Crippen LogP contribution is -2.41. The van der Waals surface area contributed by atoms with Gasteiger partial charge in [0.2, 0.25) is 5.91 Å². The summed E-state index contributed by atoms with van der Waals surface area (Å²) in [4.78, 5) is 13.5. The third kappa shape index (κ3) is 3.26. The van der Waals surface area contributed by atoms with Crippen LogP contribution in [-0.2, 0) is 4.79 Å². The Bertz CT molecular complexity index is 430. The summed E-state index contributed by atoms with van der Waals surface area (Å²) in [5, 5.41) is 0. The number of carbonyl (C=O) groups excluding carboxylic acids is 1. The van der Waals surface area contributed by atoms with E-state index in [0.29, 0.717) is 0 Å². The highest BCUT2D eigenvalue weighted by Gasteiger charge is 2.24. The van der Waals surface area contributed by atoms with Crippen LogP contribution in [0.3, 0.4) is 0 Å². The van der Waals surface area contributed by atoms with Gasteiger partial charge in [0.1, 0.15) is 0 Å². The number of primary amides is 1. The van der Waals surface area contributed by atoms with Crippen LogP contribution in [0, 0.1) is 5.92 Å². The Labute approximate surface area is 114 Å². The molecular weight excluding hydrogens is 238 g/mol. The molecule has 0 radical (unpaired) electrons. The highest BCUT2D eigenvalue weighted by Crippen LogP contribution is 2.24. The highest BCUT2D eigenvalue weighted by atomic mass is 16.1. The van der Waals surface area contributed by atoms with Gasteiger partial charge >= 0.3 is 0 Å². The van der Waals surface area contributed by atoms with Gasteiger partial charge in [-0.15, -0.1) is 0 Å². The standard InChI is InChI=1S/C15H23N3O/c1-2-14(16)11-5-7-13(8-6-11)18-9-3-4-12(10-18)15(17)19/h5-8,12,14H,2-4,9-10,16H2,1H3,(H2,17,19)/t12?,14-/m1/s1. The van der Waals surface area contributed by atoms with E-state index < -0.39 is 0 Å². The van der Waals surface area contributed by atoms with E-state index in [0.717, 1.165) is 43.6 Å². The number of hydrogen-bond donors (Lipinski definition) is 2. The maximum atomic E-state index is 11.3. The summed E-state index contributed by atoms with van der Waals surface area (Å²) in [6.07, 6.45) is 2.86. The molecule has 1 amide bonds. The Morgan fingerprint density at radius 1 is 1.42 bits per heavy atom. The Morgan fingerprint density at radius 2 is 2.11 bits per heavy atom. The number of piperidine rings is 1. The zero-order valence-electron chi connectivity index (χ0n) is 11.5. The number of carbonyl (C=O) groups is 1. The molecule has 2 rings (SSSR count). The maximum absolute atomic E-state index is 11.3. The third-order valence-electron chi connectivity index (χ3n) is 3.95. The minimum absolute atomic E-state index is 0.0219. The number of anilines is 1. The molecule has 0 saturated carbocycles. The minimum atomic E-state index is -0.186. The lowest BCUT2D eigenvalue weighted by Gasteiger charge is -2.33. The monoisotopic (exact) mass is 261 g/mol. The number of nitrogens with zero attached hydrogens (tertiary/aromatic N) is 1. The largest absolute Gasteiger partial charge is 0.371 e. The molecule has 1 aromatic rings. The molecule has 1 aliphatic heterocycles. The van der Waals surface area contributed by atoms with Crippen LogP contribution in [0.25, 0.3) is 0 Å². The Morgan fingerprint density at radius 3 is 2.68 bits per heavy atom. The van der Waals surface area contributed by atoms with E-state index in [-0.39, 0.29) is 17.9 Å². The Kier molecular flexibility index (Phi) is 4.43. The molecule has 4 heteroatoms. The van der Waals surface area contributed by atoms with Crippen LogP contribution in [0.1, 0.15) is 37.8 Å². The van der Waals surface area contributed by atoms with Crippen LogP contribution in [0.4, 0.5) is 5.69 Å². The van der Waals surface area contributed by atoms with E-state index in [4.69, 9.17) is 11.5 Å². The molecule has 0 bridgehead atoms. The first kappa shape index (κ1) is 13.9. The molecule has 2 atom stereocenters. The lowest BCUT2D eigenvalue weighted by molar-refractivity contribution is -0.122. The Balaban J connectivity index is 2.07. The van der Waals surface area contributed by atoms with Crippen LogP contribution >= 0.6 is 0 Å². The highest BCUT2D eigenvalue weighted by molar-refractivity contribution is 5.77. The van der Waals surface area contributed by atoms with E-state index in [1.165, 1.54) is 0 Å². The second-order valence-electron chi connectivity index (χ2n) is 5.29. The smallest absolute Gasteiger partial charge is 0.222 e. The van der Waals surface area contributed by atoms with E-state index in [1.807, 2.05) is 0 Å². The topological polar surface area (TPSA) is 72.3 Å². The molecule has 104 valence electrons. The van der Waals surface area contributed by atoms with Crippen molar-refractivity contribution in [2.45, 2.75) is 32.2 Å². The van der Waals surface area contributed by atoms with E-state index >= 15 is 0 Å². The zero-order chi connectivity index (χ0) is 13.8. The number of hydrogen-bond acceptors (Lipinski definition) is 3. The molecule has 0 spiro atoms. The third-order valence-corrected chi connectivity index (χ3v) is 3.95. The van der Waals surface area contributed by atoms with Gasteiger partial charge in [0.05, 0.1) is 5.92 Å². The van der Waals surface area contributed by atoms with Crippen molar-refractivity contribution < 1.29 is 4.79 Å². The van der Waals surface area contributed by atoms with Crippen LogP contribution in [0.2, 0.25) is 0 Å². The fraction of sp³-hybridized carbons (Fsp3) is 0.533. The SMILES string of the molecule is CC[C@@H](N)c1ccc(N2CCCC(C(N)=O)C2)cc1. The van der Waals surface area contributed by atoms with Crippen molar-refractivity contribution >= 4 is 11.6 Å². The van der Waals surface area contributed by atoms with Crippen molar-refractivity contribution in [2.24, 2.45) is 17.4 Å². The fourth-order valence-electron chi connectivity index (χ4n) is 2.61. The predicted molar refractivity (Wildman–Crippen MR) is 77.8 cm³/mol. The lowest BCUT2D eigenvalue weighted by atomic mass is 9.96. The normalized spacial score (nSPS) is 21.2. The van der Waals surface area contributed by atoms with Gasteiger partial charge < -0.3 is 16.4 Å². The van der Waals surface area contributed by atoms with Crippen molar-refractivity contribution in [3.05, 3.63) is 29.8 Å². The molecule has 0 aromatic heterocycles. The van der Waals surface area contributed by atoms with E-state index in [9.17, 15) is 4.79 Å². The van der Waals surface area contributed by atoms with Gasteiger partial charge in [-0.1, -0.05) is 19.1 Å². The number of nitrogens with two attached hydrogens (primary N) is 2. The molecule has 1 aromatic carbocycles. The predicted octanol–water partition coefficient (Wildman–Crippen LogP) is 1.80. The molecule has 4 N–H and O–H groups in total. The minimum Gasteiger partial charge on any atom is -0.371 e. The zero-order valence-corrected chi connectivity index (χ0v) is 11.5. The Hall–Kier alpha value is -1.55. The van der Waals surface area contributed by atoms with Gasteiger partial charge in [-0.3, -0.25) is 4.79 Å². The van der Waals surface area contributed by atoms with Crippen LogP contribution < -0.4 is 16.4 Å². The average Bonchev–Trinajstić information content (AvgIpc) is 2.46. The van der Waals surface area contributed by atoms with Gasteiger partial charge in [-0.2, -0.15) is 0 Å². The van der Waals surface area contributed by atoms with Crippen LogP contribution in [0.15, 0.2) is 24.3 Å². The summed E-state index contributed by atoms with van der Waals surface area (Å²) in [6.45, 7) is 3.80. The van der Waals surface area contributed by atoms with Crippen molar-refractivity contribution in [1.29, 1.82) is 0 Å². The van der Waals surface area contributed by atoms with Gasteiger partial charge in [0.15, 0.2) is 0 Å². The fourth-order valence-corrected chi connectivity index (χ4v) is 2.61. The van der Waals surface area contributed by atoms with Crippen molar-refractivity contribution in [3.8, 4) is 0 Å². The van der Waals surface area contributed by atoms with E-state index in [1.54, 1.807) is 0 Å². The summed E-state index contributed by atoms with van der Waals surface area (Å²) in [5.74, 6) is -0.208. The van der Waals surface area contributed by atoms with Gasteiger partial charge in [-0.05, 0) is 37.0 Å². The van der Waals surface area contributed by atoms with Gasteiger partial charge in [0.25, 0.3) is 0 Å². The molecule has 0 aliphatic carbocycles. The quantitative estimate of drug-likeness (QED) is 0.868. The summed E-state index contributed by atoms with van der Waals surface area (Å²) >= 11 is 0. The molecule has 1 saturated heterocycles. The molecule has 1 unspecified atom stereocenters. The first-order chi connectivity index (χ1) is 9.11. The van der Waals surface area contributed by atoms with Crippen molar-refractivity contribution in [2.75, 3.05) is 18.0 Å². The second-order valence-corrected chi connectivity index (χ2v) is 5.29. The first-order valence-electron chi connectivity index (χ1n) is 7.01. The number of amides is 1. The summed E-state index contributed by atoms with van der Waals surface area (Å²) in [6, 6.07) is 8.45. The van der Waals surface area contributed by atoms with Crippen molar-refractivity contribution in [1.82, 2.24) is 0 Å². The second kappa shape index (κ2) is 6.06. The molecule has 19 heavy (non-hydrogen) atoms. The maximum Gasteiger partial charge on any atom is 0.222 e. The molecule has 4 nitrogen and oxygen atoms in total.